The zero-order valence-corrected chi connectivity index (χ0v) is 18.6. The number of amides is 2. The lowest BCUT2D eigenvalue weighted by Crippen LogP contribution is -2.52. The van der Waals surface area contributed by atoms with Crippen molar-refractivity contribution < 1.29 is 14.3 Å². The summed E-state index contributed by atoms with van der Waals surface area (Å²) in [5.74, 6) is 0.245. The Morgan fingerprint density at radius 3 is 2.84 bits per heavy atom. The Kier molecular flexibility index (Phi) is 7.07. The first-order valence-corrected chi connectivity index (χ1v) is 10.9. The van der Waals surface area contributed by atoms with Gasteiger partial charge in [-0.15, -0.1) is 11.3 Å². The third kappa shape index (κ3) is 6.39. The summed E-state index contributed by atoms with van der Waals surface area (Å²) in [5.41, 5.74) is -0.397. The van der Waals surface area contributed by atoms with Crippen LogP contribution in [0.2, 0.25) is 0 Å². The molecule has 0 saturated carbocycles. The van der Waals surface area contributed by atoms with Crippen LogP contribution in [-0.2, 0) is 16.0 Å². The van der Waals surface area contributed by atoms with Gasteiger partial charge in [-0.05, 0) is 38.6 Å². The van der Waals surface area contributed by atoms with Gasteiger partial charge in [-0.25, -0.2) is 14.8 Å². The molecule has 0 radical (unpaired) electrons. The van der Waals surface area contributed by atoms with Crippen molar-refractivity contribution in [3.05, 3.63) is 40.5 Å². The minimum absolute atomic E-state index is 0.132. The number of hydrogen-bond acceptors (Lipinski definition) is 8. The Balaban J connectivity index is 1.64. The predicted molar refractivity (Wildman–Crippen MR) is 117 cm³/mol. The average Bonchev–Trinajstić information content (AvgIpc) is 3.38. The van der Waals surface area contributed by atoms with Gasteiger partial charge >= 0.3 is 6.09 Å². The molecule has 1 aliphatic rings. The number of nitrogens with one attached hydrogen (secondary N) is 2. The van der Waals surface area contributed by atoms with Gasteiger partial charge in [0.1, 0.15) is 17.7 Å². The Bertz CT molecular complexity index is 951. The summed E-state index contributed by atoms with van der Waals surface area (Å²) in [6.07, 6.45) is 3.47. The maximum atomic E-state index is 13.0. The quantitative estimate of drug-likeness (QED) is 0.704. The number of rotatable bonds is 6. The molecular weight excluding hydrogens is 416 g/mol. The predicted octanol–water partition coefficient (Wildman–Crippen LogP) is 2.24. The zero-order valence-electron chi connectivity index (χ0n) is 17.8. The molecule has 2 aromatic heterocycles. The summed E-state index contributed by atoms with van der Waals surface area (Å²) >= 11 is 1.53. The maximum Gasteiger partial charge on any atom is 0.408 e. The molecule has 0 bridgehead atoms. The van der Waals surface area contributed by atoms with Crippen molar-refractivity contribution >= 4 is 29.2 Å². The van der Waals surface area contributed by atoms with Crippen molar-refractivity contribution in [2.75, 3.05) is 18.0 Å². The normalized spacial score (nSPS) is 17.0. The van der Waals surface area contributed by atoms with Gasteiger partial charge in [-0.3, -0.25) is 4.79 Å². The van der Waals surface area contributed by atoms with Gasteiger partial charge in [0.15, 0.2) is 11.5 Å². The fourth-order valence-electron chi connectivity index (χ4n) is 3.30. The van der Waals surface area contributed by atoms with Crippen LogP contribution in [0.4, 0.5) is 10.6 Å². The summed E-state index contributed by atoms with van der Waals surface area (Å²) in [6.45, 7) is 6.48. The van der Waals surface area contributed by atoms with Crippen LogP contribution in [0.5, 0.6) is 0 Å². The second kappa shape index (κ2) is 9.75. The lowest BCUT2D eigenvalue weighted by atomic mass is 10.1. The summed E-state index contributed by atoms with van der Waals surface area (Å²) in [5, 5.41) is 16.9. The Labute approximate surface area is 185 Å². The van der Waals surface area contributed by atoms with Gasteiger partial charge in [0.05, 0.1) is 0 Å². The van der Waals surface area contributed by atoms with E-state index >= 15 is 0 Å². The fourth-order valence-corrected chi connectivity index (χ4v) is 4.05. The number of hydrogen-bond donors (Lipinski definition) is 2. The highest BCUT2D eigenvalue weighted by molar-refractivity contribution is 7.09. The largest absolute Gasteiger partial charge is 0.444 e. The fraction of sp³-hybridized carbons (Fsp3) is 0.476. The molecule has 31 heavy (non-hydrogen) atoms. The molecule has 1 saturated heterocycles. The van der Waals surface area contributed by atoms with Crippen LogP contribution in [0.15, 0.2) is 29.9 Å². The van der Waals surface area contributed by atoms with E-state index in [1.54, 1.807) is 27.0 Å². The number of alkyl carbamates (subject to hydrolysis) is 1. The Morgan fingerprint density at radius 1 is 1.39 bits per heavy atom. The summed E-state index contributed by atoms with van der Waals surface area (Å²) in [4.78, 5) is 36.5. The van der Waals surface area contributed by atoms with Crippen molar-refractivity contribution in [1.29, 1.82) is 5.26 Å². The second-order valence-corrected chi connectivity index (χ2v) is 9.30. The van der Waals surface area contributed by atoms with Crippen LogP contribution in [0.25, 0.3) is 0 Å². The van der Waals surface area contributed by atoms with Gasteiger partial charge in [0.2, 0.25) is 5.91 Å². The smallest absolute Gasteiger partial charge is 0.408 e. The highest BCUT2D eigenvalue weighted by Crippen LogP contribution is 2.20. The van der Waals surface area contributed by atoms with E-state index in [2.05, 4.69) is 20.6 Å². The minimum atomic E-state index is -0.756. The zero-order chi connectivity index (χ0) is 22.4. The van der Waals surface area contributed by atoms with Gasteiger partial charge in [-0.2, -0.15) is 5.26 Å². The number of nitriles is 1. The summed E-state index contributed by atoms with van der Waals surface area (Å²) in [6, 6.07) is 5.00. The molecule has 164 valence electrons. The van der Waals surface area contributed by atoms with Crippen LogP contribution in [0.1, 0.15) is 37.8 Å². The number of nitrogens with zero attached hydrogens (tertiary/aromatic N) is 4. The van der Waals surface area contributed by atoms with Gasteiger partial charge in [0, 0.05) is 42.8 Å². The molecule has 0 spiro atoms. The molecule has 1 fully saturated rings. The maximum absolute atomic E-state index is 13.0. The van der Waals surface area contributed by atoms with Gasteiger partial charge in [-0.1, -0.05) is 6.07 Å². The monoisotopic (exact) mass is 442 g/mol. The van der Waals surface area contributed by atoms with E-state index in [1.807, 2.05) is 28.5 Å². The molecular formula is C21H26N6O3S. The van der Waals surface area contributed by atoms with E-state index < -0.39 is 17.7 Å². The topological polar surface area (TPSA) is 120 Å². The van der Waals surface area contributed by atoms with Crippen molar-refractivity contribution in [3.63, 3.8) is 0 Å². The van der Waals surface area contributed by atoms with E-state index in [0.717, 1.165) is 4.88 Å². The Morgan fingerprint density at radius 2 is 2.16 bits per heavy atom. The molecule has 2 aromatic rings. The number of anilines is 1. The second-order valence-electron chi connectivity index (χ2n) is 8.26. The van der Waals surface area contributed by atoms with Crippen molar-refractivity contribution in [2.45, 2.75) is 51.3 Å². The molecule has 2 amide bonds. The van der Waals surface area contributed by atoms with E-state index in [-0.39, 0.29) is 17.6 Å². The molecule has 2 atom stereocenters. The first-order chi connectivity index (χ1) is 14.7. The van der Waals surface area contributed by atoms with Crippen LogP contribution < -0.4 is 15.5 Å². The standard InChI is InChI=1S/C21H26N6O3S/c1-21(2,3)30-20(29)26-16(11-15-5-4-10-31-15)19(28)25-14-6-9-27(13-14)18-17(12-22)23-7-8-24-18/h4-5,7-8,10,14,16H,6,9,11,13H2,1-3H3,(H,25,28)(H,26,29)/t14-,16-/m0/s1. The van der Waals surface area contributed by atoms with E-state index in [0.29, 0.717) is 31.7 Å². The molecule has 0 aromatic carbocycles. The molecule has 10 heteroatoms. The van der Waals surface area contributed by atoms with Crippen molar-refractivity contribution in [1.82, 2.24) is 20.6 Å². The molecule has 0 unspecified atom stereocenters. The van der Waals surface area contributed by atoms with E-state index in [4.69, 9.17) is 4.74 Å². The molecule has 3 rings (SSSR count). The third-order valence-corrected chi connectivity index (χ3v) is 5.51. The van der Waals surface area contributed by atoms with E-state index in [9.17, 15) is 14.9 Å². The van der Waals surface area contributed by atoms with Gasteiger partial charge in [0.25, 0.3) is 0 Å². The lowest BCUT2D eigenvalue weighted by molar-refractivity contribution is -0.123. The third-order valence-electron chi connectivity index (χ3n) is 4.61. The molecule has 9 nitrogen and oxygen atoms in total. The van der Waals surface area contributed by atoms with E-state index in [1.165, 1.54) is 17.5 Å². The molecule has 0 aliphatic carbocycles. The number of ether oxygens (including phenoxy) is 1. The SMILES string of the molecule is CC(C)(C)OC(=O)N[C@@H](Cc1cccs1)C(=O)N[C@H]1CCN(c2nccnc2C#N)C1. The minimum Gasteiger partial charge on any atom is -0.444 e. The van der Waals surface area contributed by atoms with Crippen molar-refractivity contribution in [2.24, 2.45) is 0 Å². The number of aromatic nitrogens is 2. The Hall–Kier alpha value is -3.19. The first-order valence-electron chi connectivity index (χ1n) is 10.0. The van der Waals surface area contributed by atoms with Crippen molar-refractivity contribution in [3.8, 4) is 6.07 Å². The highest BCUT2D eigenvalue weighted by Gasteiger charge is 2.30. The van der Waals surface area contributed by atoms with Crippen LogP contribution in [0.3, 0.4) is 0 Å². The number of thiophene rings is 1. The molecule has 2 N–H and O–H groups in total. The number of carbonyl (C=O) groups is 2. The first kappa shape index (κ1) is 22.5. The highest BCUT2D eigenvalue weighted by atomic mass is 32.1. The summed E-state index contributed by atoms with van der Waals surface area (Å²) in [7, 11) is 0. The lowest BCUT2D eigenvalue weighted by Gasteiger charge is -2.24. The van der Waals surface area contributed by atoms with Crippen LogP contribution in [0, 0.1) is 11.3 Å². The van der Waals surface area contributed by atoms with Crippen LogP contribution in [-0.4, -0.2) is 52.7 Å². The van der Waals surface area contributed by atoms with Gasteiger partial charge < -0.3 is 20.3 Å². The number of carbonyl (C=O) groups excluding carboxylic acids is 2. The summed E-state index contributed by atoms with van der Waals surface area (Å²) < 4.78 is 5.33. The molecule has 3 heterocycles. The average molecular weight is 443 g/mol. The van der Waals surface area contributed by atoms with Crippen LogP contribution >= 0.6 is 11.3 Å². The molecule has 1 aliphatic heterocycles.